The van der Waals surface area contributed by atoms with Crippen LogP contribution in [0.4, 0.5) is 23.2 Å². The quantitative estimate of drug-likeness (QED) is 0.224. The van der Waals surface area contributed by atoms with Crippen molar-refractivity contribution in [1.29, 1.82) is 0 Å². The number of anilines is 1. The molecule has 2 aliphatic heterocycles. The van der Waals surface area contributed by atoms with Gasteiger partial charge in [0.15, 0.2) is 29.5 Å². The molecule has 2 aliphatic rings. The number of pyridine rings is 1. The first kappa shape index (κ1) is 27.8. The van der Waals surface area contributed by atoms with Crippen LogP contribution in [-0.4, -0.2) is 52.5 Å². The molecule has 4 heterocycles. The van der Waals surface area contributed by atoms with Gasteiger partial charge in [-0.05, 0) is 44.0 Å². The highest BCUT2D eigenvalue weighted by Gasteiger charge is 2.40. The highest BCUT2D eigenvalue weighted by atomic mass is 19.2. The van der Waals surface area contributed by atoms with Gasteiger partial charge < -0.3 is 20.4 Å². The summed E-state index contributed by atoms with van der Waals surface area (Å²) in [5, 5.41) is 6.00. The summed E-state index contributed by atoms with van der Waals surface area (Å²) in [7, 11) is 1.50. The smallest absolute Gasteiger partial charge is 0.261 e. The molecule has 218 valence electrons. The molecule has 4 atom stereocenters. The van der Waals surface area contributed by atoms with Crippen LogP contribution in [0.5, 0.6) is 0 Å². The van der Waals surface area contributed by atoms with E-state index in [1.54, 1.807) is 43.6 Å². The summed E-state index contributed by atoms with van der Waals surface area (Å²) in [6.45, 7) is 1.96. The zero-order valence-electron chi connectivity index (χ0n) is 22.6. The first-order valence-corrected chi connectivity index (χ1v) is 13.3. The number of amides is 2. The molecule has 0 spiro atoms. The Kier molecular flexibility index (Phi) is 7.15. The van der Waals surface area contributed by atoms with Crippen LogP contribution in [0.25, 0.3) is 11.0 Å². The van der Waals surface area contributed by atoms with Crippen molar-refractivity contribution in [3.05, 3.63) is 88.5 Å². The Bertz CT molecular complexity index is 1670. The van der Waals surface area contributed by atoms with E-state index < -0.39 is 53.1 Å². The number of carbonyl (C=O) groups excluding carboxylic acids is 2. The van der Waals surface area contributed by atoms with E-state index in [9.17, 15) is 27.2 Å². The minimum absolute atomic E-state index is 0.171. The number of ether oxygens (including phenoxy) is 1. The normalized spacial score (nSPS) is 21.1. The Morgan fingerprint density at radius 1 is 1.14 bits per heavy atom. The fraction of sp³-hybridized carbons (Fsp3) is 0.310. The third kappa shape index (κ3) is 4.68. The molecular formula is C29H26F4N6O3. The van der Waals surface area contributed by atoms with Gasteiger partial charge >= 0.3 is 0 Å². The first-order chi connectivity index (χ1) is 20.2. The van der Waals surface area contributed by atoms with Crippen molar-refractivity contribution in [1.82, 2.24) is 25.6 Å². The van der Waals surface area contributed by atoms with Crippen LogP contribution in [0.15, 0.2) is 42.7 Å². The lowest BCUT2D eigenvalue weighted by Crippen LogP contribution is -2.52. The molecular weight excluding hydrogens is 556 g/mol. The van der Waals surface area contributed by atoms with E-state index in [4.69, 9.17) is 4.74 Å². The maximum Gasteiger partial charge on any atom is 0.261 e. The molecule has 2 aromatic carbocycles. The lowest BCUT2D eigenvalue weighted by molar-refractivity contribution is -0.124. The second-order valence-corrected chi connectivity index (χ2v) is 10.4. The summed E-state index contributed by atoms with van der Waals surface area (Å²) in [4.78, 5) is 39.9. The molecule has 42 heavy (non-hydrogen) atoms. The second-order valence-electron chi connectivity index (χ2n) is 10.4. The van der Waals surface area contributed by atoms with Gasteiger partial charge in [-0.1, -0.05) is 0 Å². The fourth-order valence-corrected chi connectivity index (χ4v) is 5.82. The summed E-state index contributed by atoms with van der Waals surface area (Å²) in [6, 6.07) is 5.89. The van der Waals surface area contributed by atoms with Gasteiger partial charge in [-0.3, -0.25) is 19.5 Å². The third-order valence-corrected chi connectivity index (χ3v) is 7.71. The van der Waals surface area contributed by atoms with Gasteiger partial charge in [0, 0.05) is 49.1 Å². The van der Waals surface area contributed by atoms with Gasteiger partial charge in [0.25, 0.3) is 5.91 Å². The predicted molar refractivity (Wildman–Crippen MR) is 144 cm³/mol. The molecule has 13 heteroatoms. The topological polar surface area (TPSA) is 112 Å². The molecule has 1 fully saturated rings. The Hall–Kier alpha value is -4.36. The molecule has 4 aromatic rings. The number of methoxy groups -OCH3 is 1. The van der Waals surface area contributed by atoms with E-state index in [1.807, 2.05) is 0 Å². The standard InChI is InChI=1S/C29H26F4N6O3/c1-13(8-17-24(32)18(30)11-19(31)25(17)33)36-20-5-7-35-27(40)23(20)26-37-21-9-15-16(10-22(21)38-26)29(42-2)39(28(15)41)14-4-3-6-34-12-14/h3-4,6,9-13,20,23,29,36H,5,7-8H2,1-2H3,(H,35,40)(H,37,38). The average Bonchev–Trinajstić information content (AvgIpc) is 3.50. The highest BCUT2D eigenvalue weighted by Crippen LogP contribution is 2.39. The van der Waals surface area contributed by atoms with E-state index >= 15 is 0 Å². The number of hydrogen-bond acceptors (Lipinski definition) is 6. The van der Waals surface area contributed by atoms with Crippen LogP contribution in [0.1, 0.15) is 52.8 Å². The van der Waals surface area contributed by atoms with E-state index in [-0.39, 0.29) is 24.3 Å². The van der Waals surface area contributed by atoms with Crippen molar-refractivity contribution < 1.29 is 31.9 Å². The summed E-state index contributed by atoms with van der Waals surface area (Å²) < 4.78 is 61.7. The largest absolute Gasteiger partial charge is 0.357 e. The average molecular weight is 583 g/mol. The van der Waals surface area contributed by atoms with Gasteiger partial charge in [-0.15, -0.1) is 0 Å². The maximum absolute atomic E-state index is 14.3. The molecule has 4 unspecified atom stereocenters. The van der Waals surface area contributed by atoms with E-state index in [1.165, 1.54) is 12.0 Å². The van der Waals surface area contributed by atoms with Crippen molar-refractivity contribution in [2.75, 3.05) is 18.6 Å². The number of hydrogen-bond donors (Lipinski definition) is 3. The van der Waals surface area contributed by atoms with Crippen LogP contribution < -0.4 is 15.5 Å². The number of fused-ring (bicyclic) bond motifs is 2. The monoisotopic (exact) mass is 582 g/mol. The lowest BCUT2D eigenvalue weighted by atomic mass is 9.90. The number of aromatic amines is 1. The number of H-pyrrole nitrogens is 1. The van der Waals surface area contributed by atoms with Gasteiger partial charge in [0.2, 0.25) is 5.91 Å². The first-order valence-electron chi connectivity index (χ1n) is 13.3. The van der Waals surface area contributed by atoms with Crippen molar-refractivity contribution >= 4 is 28.5 Å². The summed E-state index contributed by atoms with van der Waals surface area (Å²) in [5.74, 6) is -6.93. The Morgan fingerprint density at radius 3 is 2.60 bits per heavy atom. The molecule has 0 bridgehead atoms. The SMILES string of the molecule is COC1c2cc3[nH]c(C4C(=O)NCCC4NC(C)Cc4c(F)c(F)cc(F)c4F)nc3cc2C(=O)N1c1cccnc1. The van der Waals surface area contributed by atoms with Crippen molar-refractivity contribution in [3.8, 4) is 0 Å². The van der Waals surface area contributed by atoms with Crippen molar-refractivity contribution in [2.24, 2.45) is 0 Å². The molecule has 3 N–H and O–H groups in total. The maximum atomic E-state index is 14.3. The zero-order chi connectivity index (χ0) is 29.7. The second kappa shape index (κ2) is 10.8. The number of carbonyl (C=O) groups is 2. The van der Waals surface area contributed by atoms with Gasteiger partial charge in [-0.2, -0.15) is 0 Å². The number of nitrogens with one attached hydrogen (secondary N) is 3. The summed E-state index contributed by atoms with van der Waals surface area (Å²) in [5.41, 5.74) is 1.93. The van der Waals surface area contributed by atoms with Crippen LogP contribution in [0, 0.1) is 23.3 Å². The number of rotatable bonds is 7. The number of piperidine rings is 1. The van der Waals surface area contributed by atoms with Gasteiger partial charge in [0.05, 0.1) is 28.5 Å². The number of imidazole rings is 1. The predicted octanol–water partition coefficient (Wildman–Crippen LogP) is 4.01. The molecule has 1 saturated heterocycles. The number of nitrogens with zero attached hydrogens (tertiary/aromatic N) is 3. The summed E-state index contributed by atoms with van der Waals surface area (Å²) in [6.07, 6.45) is 2.59. The Morgan fingerprint density at radius 2 is 1.90 bits per heavy atom. The number of aromatic nitrogens is 3. The number of halogens is 4. The Labute approximate surface area is 237 Å². The van der Waals surface area contributed by atoms with E-state index in [0.29, 0.717) is 46.6 Å². The Balaban J connectivity index is 1.29. The molecule has 2 aromatic heterocycles. The molecule has 0 saturated carbocycles. The molecule has 6 rings (SSSR count). The van der Waals surface area contributed by atoms with Crippen LogP contribution >= 0.6 is 0 Å². The van der Waals surface area contributed by atoms with E-state index in [2.05, 4.69) is 25.6 Å². The summed E-state index contributed by atoms with van der Waals surface area (Å²) >= 11 is 0. The zero-order valence-corrected chi connectivity index (χ0v) is 22.6. The highest BCUT2D eigenvalue weighted by molar-refractivity contribution is 6.12. The molecule has 9 nitrogen and oxygen atoms in total. The van der Waals surface area contributed by atoms with Crippen LogP contribution in [-0.2, 0) is 16.0 Å². The van der Waals surface area contributed by atoms with Gasteiger partial charge in [-0.25, -0.2) is 22.5 Å². The van der Waals surface area contributed by atoms with Crippen molar-refractivity contribution in [3.63, 3.8) is 0 Å². The van der Waals surface area contributed by atoms with Gasteiger partial charge in [0.1, 0.15) is 11.7 Å². The minimum atomic E-state index is -1.47. The molecule has 2 amide bonds. The molecule has 0 radical (unpaired) electrons. The van der Waals surface area contributed by atoms with Crippen LogP contribution in [0.3, 0.4) is 0 Å². The van der Waals surface area contributed by atoms with Crippen LogP contribution in [0.2, 0.25) is 0 Å². The minimum Gasteiger partial charge on any atom is -0.357 e. The fourth-order valence-electron chi connectivity index (χ4n) is 5.82. The van der Waals surface area contributed by atoms with E-state index in [0.717, 1.165) is 0 Å². The number of benzene rings is 2. The lowest BCUT2D eigenvalue weighted by Gasteiger charge is -2.33. The van der Waals surface area contributed by atoms with Crippen molar-refractivity contribution in [2.45, 2.75) is 44.0 Å². The molecule has 0 aliphatic carbocycles. The third-order valence-electron chi connectivity index (χ3n) is 7.71.